The Morgan fingerprint density at radius 3 is 2.94 bits per heavy atom. The summed E-state index contributed by atoms with van der Waals surface area (Å²) in [7, 11) is 0. The van der Waals surface area contributed by atoms with Crippen molar-refractivity contribution >= 4 is 11.6 Å². The average Bonchev–Trinajstić information content (AvgIpc) is 2.32. The molecule has 1 unspecified atom stereocenters. The summed E-state index contributed by atoms with van der Waals surface area (Å²) in [6.45, 7) is 1.19. The molecule has 3 N–H and O–H groups in total. The van der Waals surface area contributed by atoms with Crippen LogP contribution in [0, 0.1) is 0 Å². The van der Waals surface area contributed by atoms with E-state index in [4.69, 9.17) is 5.73 Å². The van der Waals surface area contributed by atoms with E-state index in [2.05, 4.69) is 0 Å². The van der Waals surface area contributed by atoms with Gasteiger partial charge in [0.1, 0.15) is 0 Å². The highest BCUT2D eigenvalue weighted by Gasteiger charge is 2.22. The van der Waals surface area contributed by atoms with E-state index < -0.39 is 0 Å². The number of nitrogen functional groups attached to an aromatic ring is 1. The van der Waals surface area contributed by atoms with Crippen LogP contribution in [-0.4, -0.2) is 35.1 Å². The lowest BCUT2D eigenvalue weighted by Gasteiger charge is -2.30. The second kappa shape index (κ2) is 5.19. The zero-order valence-electron chi connectivity index (χ0n) is 9.80. The Kier molecular flexibility index (Phi) is 3.64. The van der Waals surface area contributed by atoms with Gasteiger partial charge in [-0.2, -0.15) is 0 Å². The fourth-order valence-electron chi connectivity index (χ4n) is 2.15. The van der Waals surface area contributed by atoms with E-state index in [-0.39, 0.29) is 12.0 Å². The van der Waals surface area contributed by atoms with Crippen molar-refractivity contribution in [1.29, 1.82) is 0 Å². The third kappa shape index (κ3) is 2.97. The van der Waals surface area contributed by atoms with Gasteiger partial charge in [0.15, 0.2) is 0 Å². The van der Waals surface area contributed by atoms with Crippen LogP contribution in [0.2, 0.25) is 0 Å². The highest BCUT2D eigenvalue weighted by Crippen LogP contribution is 2.15. The van der Waals surface area contributed by atoms with Crippen molar-refractivity contribution in [3.63, 3.8) is 0 Å². The summed E-state index contributed by atoms with van der Waals surface area (Å²) in [6.07, 6.45) is 1.61. The molecule has 2 rings (SSSR count). The highest BCUT2D eigenvalue weighted by atomic mass is 16.3. The van der Waals surface area contributed by atoms with Gasteiger partial charge in [0.25, 0.3) is 0 Å². The molecular formula is C13H18N2O2. The molecule has 0 aliphatic carbocycles. The normalized spacial score (nSPS) is 20.3. The third-order valence-electron chi connectivity index (χ3n) is 3.15. The van der Waals surface area contributed by atoms with E-state index in [1.165, 1.54) is 0 Å². The van der Waals surface area contributed by atoms with Crippen molar-refractivity contribution in [2.45, 2.75) is 25.4 Å². The van der Waals surface area contributed by atoms with E-state index in [1.807, 2.05) is 18.2 Å². The molecule has 1 saturated heterocycles. The molecule has 92 valence electrons. The number of β-amino-alcohol motifs (C(OH)–C–C–N with tert-alkyl or cyclic N) is 1. The Hall–Kier alpha value is -1.55. The van der Waals surface area contributed by atoms with Gasteiger partial charge < -0.3 is 15.7 Å². The summed E-state index contributed by atoms with van der Waals surface area (Å²) < 4.78 is 0. The average molecular weight is 234 g/mol. The number of rotatable bonds is 2. The molecule has 0 bridgehead atoms. The number of carbonyl (C=O) groups is 1. The highest BCUT2D eigenvalue weighted by molar-refractivity contribution is 5.80. The molecule has 1 atom stereocenters. The van der Waals surface area contributed by atoms with Crippen LogP contribution in [0.25, 0.3) is 0 Å². The number of anilines is 1. The number of hydrogen-bond donors (Lipinski definition) is 2. The van der Waals surface area contributed by atoms with Crippen LogP contribution in [0.3, 0.4) is 0 Å². The number of aliphatic hydroxyl groups excluding tert-OH is 1. The predicted molar refractivity (Wildman–Crippen MR) is 66.4 cm³/mol. The molecule has 0 spiro atoms. The molecule has 17 heavy (non-hydrogen) atoms. The standard InChI is InChI=1S/C13H18N2O2/c14-12-6-2-1-4-10(12)8-13(17)15-7-3-5-11(16)9-15/h1-2,4,6,11,16H,3,5,7-9,14H2. The second-order valence-electron chi connectivity index (χ2n) is 4.51. The zero-order valence-corrected chi connectivity index (χ0v) is 9.80. The van der Waals surface area contributed by atoms with Gasteiger partial charge in [0, 0.05) is 18.8 Å². The van der Waals surface area contributed by atoms with Gasteiger partial charge in [0.2, 0.25) is 5.91 Å². The topological polar surface area (TPSA) is 66.6 Å². The van der Waals surface area contributed by atoms with Gasteiger partial charge in [0.05, 0.1) is 12.5 Å². The number of likely N-dealkylation sites (tertiary alicyclic amines) is 1. The molecule has 1 aromatic rings. The number of hydrogen-bond acceptors (Lipinski definition) is 3. The number of benzene rings is 1. The summed E-state index contributed by atoms with van der Waals surface area (Å²) >= 11 is 0. The maximum atomic E-state index is 12.0. The smallest absolute Gasteiger partial charge is 0.227 e. The first-order valence-electron chi connectivity index (χ1n) is 5.96. The minimum Gasteiger partial charge on any atom is -0.398 e. The van der Waals surface area contributed by atoms with Crippen molar-refractivity contribution in [3.8, 4) is 0 Å². The van der Waals surface area contributed by atoms with E-state index in [0.29, 0.717) is 18.7 Å². The van der Waals surface area contributed by atoms with Gasteiger partial charge in [-0.15, -0.1) is 0 Å². The van der Waals surface area contributed by atoms with Crippen molar-refractivity contribution < 1.29 is 9.90 Å². The molecule has 0 saturated carbocycles. The summed E-state index contributed by atoms with van der Waals surface area (Å²) in [4.78, 5) is 13.7. The van der Waals surface area contributed by atoms with Crippen molar-refractivity contribution in [3.05, 3.63) is 29.8 Å². The molecule has 1 heterocycles. The first kappa shape index (κ1) is 11.9. The summed E-state index contributed by atoms with van der Waals surface area (Å²) in [5.74, 6) is 0.0432. The van der Waals surface area contributed by atoms with Gasteiger partial charge in [-0.3, -0.25) is 4.79 Å². The van der Waals surface area contributed by atoms with E-state index >= 15 is 0 Å². The fourth-order valence-corrected chi connectivity index (χ4v) is 2.15. The third-order valence-corrected chi connectivity index (χ3v) is 3.15. The summed E-state index contributed by atoms with van der Waals surface area (Å²) in [5, 5.41) is 9.53. The van der Waals surface area contributed by atoms with Crippen LogP contribution >= 0.6 is 0 Å². The molecule has 1 aliphatic heterocycles. The Morgan fingerprint density at radius 2 is 2.24 bits per heavy atom. The minimum atomic E-state index is -0.374. The van der Waals surface area contributed by atoms with E-state index in [0.717, 1.165) is 24.9 Å². The lowest BCUT2D eigenvalue weighted by Crippen LogP contribution is -2.42. The number of nitrogens with zero attached hydrogens (tertiary/aromatic N) is 1. The van der Waals surface area contributed by atoms with Gasteiger partial charge >= 0.3 is 0 Å². The zero-order chi connectivity index (χ0) is 12.3. The van der Waals surface area contributed by atoms with Crippen LogP contribution in [0.5, 0.6) is 0 Å². The van der Waals surface area contributed by atoms with Gasteiger partial charge in [-0.25, -0.2) is 0 Å². The van der Waals surface area contributed by atoms with Gasteiger partial charge in [-0.05, 0) is 24.5 Å². The summed E-state index contributed by atoms with van der Waals surface area (Å²) in [5.41, 5.74) is 7.32. The fraction of sp³-hybridized carbons (Fsp3) is 0.462. The molecule has 1 amide bonds. The van der Waals surface area contributed by atoms with Gasteiger partial charge in [-0.1, -0.05) is 18.2 Å². The molecular weight excluding hydrogens is 216 g/mol. The molecule has 4 heteroatoms. The van der Waals surface area contributed by atoms with Crippen molar-refractivity contribution in [1.82, 2.24) is 4.90 Å². The molecule has 4 nitrogen and oxygen atoms in total. The monoisotopic (exact) mass is 234 g/mol. The number of amides is 1. The lowest BCUT2D eigenvalue weighted by atomic mass is 10.1. The predicted octanol–water partition coefficient (Wildman–Crippen LogP) is 0.795. The summed E-state index contributed by atoms with van der Waals surface area (Å²) in [6, 6.07) is 7.40. The van der Waals surface area contributed by atoms with E-state index in [9.17, 15) is 9.90 Å². The lowest BCUT2D eigenvalue weighted by molar-refractivity contribution is -0.133. The second-order valence-corrected chi connectivity index (χ2v) is 4.51. The number of carbonyl (C=O) groups excluding carboxylic acids is 1. The Bertz CT molecular complexity index is 406. The molecule has 1 fully saturated rings. The first-order valence-corrected chi connectivity index (χ1v) is 5.96. The number of para-hydroxylation sites is 1. The Labute approximate surface area is 101 Å². The molecule has 0 aromatic heterocycles. The van der Waals surface area contributed by atoms with Crippen LogP contribution in [0.1, 0.15) is 18.4 Å². The largest absolute Gasteiger partial charge is 0.398 e. The van der Waals surface area contributed by atoms with Crippen LogP contribution in [0.15, 0.2) is 24.3 Å². The number of aliphatic hydroxyl groups is 1. The molecule has 1 aliphatic rings. The number of piperidine rings is 1. The minimum absolute atomic E-state index is 0.0432. The van der Waals surface area contributed by atoms with Crippen molar-refractivity contribution in [2.24, 2.45) is 0 Å². The van der Waals surface area contributed by atoms with Crippen LogP contribution < -0.4 is 5.73 Å². The quantitative estimate of drug-likeness (QED) is 0.744. The number of nitrogens with two attached hydrogens (primary N) is 1. The van der Waals surface area contributed by atoms with Crippen LogP contribution in [0.4, 0.5) is 5.69 Å². The maximum absolute atomic E-state index is 12.0. The molecule has 1 aromatic carbocycles. The maximum Gasteiger partial charge on any atom is 0.227 e. The Morgan fingerprint density at radius 1 is 1.47 bits per heavy atom. The first-order chi connectivity index (χ1) is 8.16. The van der Waals surface area contributed by atoms with Crippen LogP contribution in [-0.2, 0) is 11.2 Å². The molecule has 0 radical (unpaired) electrons. The Balaban J connectivity index is 1.99. The van der Waals surface area contributed by atoms with E-state index in [1.54, 1.807) is 11.0 Å². The van der Waals surface area contributed by atoms with Crippen molar-refractivity contribution in [2.75, 3.05) is 18.8 Å². The SMILES string of the molecule is Nc1ccccc1CC(=O)N1CCCC(O)C1.